The zero-order valence-corrected chi connectivity index (χ0v) is 12.5. The van der Waals surface area contributed by atoms with Gasteiger partial charge in [-0.05, 0) is 24.3 Å². The van der Waals surface area contributed by atoms with Crippen molar-refractivity contribution in [1.29, 1.82) is 0 Å². The predicted octanol–water partition coefficient (Wildman–Crippen LogP) is 2.76. The first-order chi connectivity index (χ1) is 9.92. The number of hydrogen-bond acceptors (Lipinski definition) is 5. The number of aromatic nitrogens is 2. The first-order valence-electron chi connectivity index (χ1n) is 7.59. The lowest BCUT2D eigenvalue weighted by Crippen LogP contribution is -2.50. The van der Waals surface area contributed by atoms with Crippen molar-refractivity contribution < 1.29 is 0 Å². The molecule has 1 saturated carbocycles. The summed E-state index contributed by atoms with van der Waals surface area (Å²) in [6.45, 7) is 4.55. The van der Waals surface area contributed by atoms with Crippen LogP contribution < -0.4 is 4.90 Å². The van der Waals surface area contributed by atoms with Gasteiger partial charge in [0.2, 0.25) is 0 Å². The Morgan fingerprint density at radius 1 is 1.05 bits per heavy atom. The van der Waals surface area contributed by atoms with Gasteiger partial charge in [0.15, 0.2) is 0 Å². The number of anilines is 1. The van der Waals surface area contributed by atoms with Crippen LogP contribution in [0.5, 0.6) is 0 Å². The third kappa shape index (κ3) is 2.19. The number of rotatable bonds is 2. The largest absolute Gasteiger partial charge is 0.353 e. The van der Waals surface area contributed by atoms with E-state index in [0.29, 0.717) is 0 Å². The maximum atomic E-state index is 4.53. The zero-order valence-electron chi connectivity index (χ0n) is 11.7. The molecule has 0 radical (unpaired) electrons. The number of nitrogens with zero attached hydrogens (tertiary/aromatic N) is 4. The SMILES string of the molecule is c1nc(N2CCN(C3CCCC3)CC2)c2ccsc2n1. The van der Waals surface area contributed by atoms with E-state index in [-0.39, 0.29) is 0 Å². The average molecular weight is 288 g/mol. The van der Waals surface area contributed by atoms with Crippen LogP contribution in [-0.2, 0) is 0 Å². The normalized spacial score (nSPS) is 21.9. The third-order valence-electron chi connectivity index (χ3n) is 4.70. The molecule has 5 heteroatoms. The summed E-state index contributed by atoms with van der Waals surface area (Å²) in [6, 6.07) is 3.00. The smallest absolute Gasteiger partial charge is 0.140 e. The van der Waals surface area contributed by atoms with Crippen molar-refractivity contribution >= 4 is 27.4 Å². The molecule has 106 valence electrons. The summed E-state index contributed by atoms with van der Waals surface area (Å²) in [5.74, 6) is 1.13. The van der Waals surface area contributed by atoms with Gasteiger partial charge in [0.25, 0.3) is 0 Å². The summed E-state index contributed by atoms with van der Waals surface area (Å²) in [6.07, 6.45) is 7.36. The van der Waals surface area contributed by atoms with Crippen molar-refractivity contribution in [3.05, 3.63) is 17.8 Å². The lowest BCUT2D eigenvalue weighted by Gasteiger charge is -2.38. The van der Waals surface area contributed by atoms with E-state index in [2.05, 4.69) is 31.2 Å². The summed E-state index contributed by atoms with van der Waals surface area (Å²) in [7, 11) is 0. The highest BCUT2D eigenvalue weighted by atomic mass is 32.1. The van der Waals surface area contributed by atoms with E-state index in [9.17, 15) is 0 Å². The van der Waals surface area contributed by atoms with Crippen LogP contribution in [0.15, 0.2) is 17.8 Å². The van der Waals surface area contributed by atoms with Crippen LogP contribution in [0.2, 0.25) is 0 Å². The Hall–Kier alpha value is -1.20. The van der Waals surface area contributed by atoms with Crippen LogP contribution in [0.3, 0.4) is 0 Å². The second kappa shape index (κ2) is 5.30. The average Bonchev–Trinajstić information content (AvgIpc) is 3.18. The van der Waals surface area contributed by atoms with Crippen molar-refractivity contribution in [3.63, 3.8) is 0 Å². The van der Waals surface area contributed by atoms with Crippen LogP contribution in [0.4, 0.5) is 5.82 Å². The first-order valence-corrected chi connectivity index (χ1v) is 8.47. The van der Waals surface area contributed by atoms with Crippen LogP contribution in [0.1, 0.15) is 25.7 Å². The molecular formula is C15H20N4S. The van der Waals surface area contributed by atoms with E-state index >= 15 is 0 Å². The van der Waals surface area contributed by atoms with Crippen LogP contribution in [0.25, 0.3) is 10.2 Å². The van der Waals surface area contributed by atoms with Gasteiger partial charge in [-0.2, -0.15) is 0 Å². The molecule has 2 aromatic heterocycles. The summed E-state index contributed by atoms with van der Waals surface area (Å²) < 4.78 is 0. The van der Waals surface area contributed by atoms with Gasteiger partial charge in [-0.25, -0.2) is 9.97 Å². The van der Waals surface area contributed by atoms with E-state index < -0.39 is 0 Å². The van der Waals surface area contributed by atoms with Crippen LogP contribution in [-0.4, -0.2) is 47.1 Å². The summed E-state index contributed by atoms with van der Waals surface area (Å²) in [5, 5.41) is 3.32. The Balaban J connectivity index is 1.50. The van der Waals surface area contributed by atoms with Crippen LogP contribution in [0, 0.1) is 0 Å². The molecule has 2 aromatic rings. The van der Waals surface area contributed by atoms with Gasteiger partial charge in [-0.3, -0.25) is 4.90 Å². The van der Waals surface area contributed by atoms with Crippen molar-refractivity contribution in [2.45, 2.75) is 31.7 Å². The molecule has 0 atom stereocenters. The van der Waals surface area contributed by atoms with Gasteiger partial charge < -0.3 is 4.90 Å². The molecule has 2 aliphatic rings. The van der Waals surface area contributed by atoms with Gasteiger partial charge in [0.05, 0.1) is 5.39 Å². The molecule has 2 fully saturated rings. The maximum Gasteiger partial charge on any atom is 0.140 e. The van der Waals surface area contributed by atoms with Gasteiger partial charge in [-0.15, -0.1) is 11.3 Å². The molecule has 0 amide bonds. The standard InChI is InChI=1S/C15H20N4S/c1-2-4-12(3-1)18-6-8-19(9-7-18)14-13-5-10-20-15(13)17-11-16-14/h5,10-12H,1-4,6-9H2. The quantitative estimate of drug-likeness (QED) is 0.850. The Morgan fingerprint density at radius 2 is 1.85 bits per heavy atom. The van der Waals surface area contributed by atoms with E-state index in [4.69, 9.17) is 0 Å². The van der Waals surface area contributed by atoms with Gasteiger partial charge in [-0.1, -0.05) is 12.8 Å². The van der Waals surface area contributed by atoms with Crippen molar-refractivity contribution in [1.82, 2.24) is 14.9 Å². The van der Waals surface area contributed by atoms with E-state index in [0.717, 1.165) is 29.8 Å². The van der Waals surface area contributed by atoms with E-state index in [1.54, 1.807) is 17.7 Å². The molecular weight excluding hydrogens is 268 g/mol. The molecule has 1 aliphatic heterocycles. The fraction of sp³-hybridized carbons (Fsp3) is 0.600. The molecule has 0 unspecified atom stereocenters. The van der Waals surface area contributed by atoms with E-state index in [1.165, 1.54) is 44.2 Å². The Bertz CT molecular complexity index is 582. The molecule has 0 spiro atoms. The zero-order chi connectivity index (χ0) is 13.4. The topological polar surface area (TPSA) is 32.3 Å². The highest BCUT2D eigenvalue weighted by Crippen LogP contribution is 2.29. The van der Waals surface area contributed by atoms with Gasteiger partial charge >= 0.3 is 0 Å². The minimum atomic E-state index is 0.851. The lowest BCUT2D eigenvalue weighted by molar-refractivity contribution is 0.187. The Kier molecular flexibility index (Phi) is 3.32. The number of fused-ring (bicyclic) bond motifs is 1. The minimum Gasteiger partial charge on any atom is -0.353 e. The third-order valence-corrected chi connectivity index (χ3v) is 5.52. The monoisotopic (exact) mass is 288 g/mol. The molecule has 4 rings (SSSR count). The van der Waals surface area contributed by atoms with Crippen molar-refractivity contribution in [2.24, 2.45) is 0 Å². The molecule has 1 saturated heterocycles. The van der Waals surface area contributed by atoms with Crippen LogP contribution >= 0.6 is 11.3 Å². The molecule has 3 heterocycles. The molecule has 1 aliphatic carbocycles. The highest BCUT2D eigenvalue weighted by molar-refractivity contribution is 7.16. The number of hydrogen-bond donors (Lipinski definition) is 0. The lowest BCUT2D eigenvalue weighted by atomic mass is 10.2. The van der Waals surface area contributed by atoms with Gasteiger partial charge in [0, 0.05) is 32.2 Å². The predicted molar refractivity (Wildman–Crippen MR) is 83.5 cm³/mol. The maximum absolute atomic E-state index is 4.53. The Morgan fingerprint density at radius 3 is 2.65 bits per heavy atom. The second-order valence-corrected chi connectivity index (χ2v) is 6.69. The first kappa shape index (κ1) is 12.5. The fourth-order valence-electron chi connectivity index (χ4n) is 3.60. The number of piperazine rings is 1. The summed E-state index contributed by atoms with van der Waals surface area (Å²) in [5.41, 5.74) is 0. The van der Waals surface area contributed by atoms with Gasteiger partial charge in [0.1, 0.15) is 17.0 Å². The number of thiophene rings is 1. The van der Waals surface area contributed by atoms with Crippen molar-refractivity contribution in [2.75, 3.05) is 31.1 Å². The van der Waals surface area contributed by atoms with E-state index in [1.807, 2.05) is 0 Å². The molecule has 0 N–H and O–H groups in total. The molecule has 20 heavy (non-hydrogen) atoms. The van der Waals surface area contributed by atoms with Crippen molar-refractivity contribution in [3.8, 4) is 0 Å². The molecule has 0 bridgehead atoms. The summed E-state index contributed by atoms with van der Waals surface area (Å²) >= 11 is 1.70. The Labute approximate surface area is 123 Å². The fourth-order valence-corrected chi connectivity index (χ4v) is 4.32. The summed E-state index contributed by atoms with van der Waals surface area (Å²) in [4.78, 5) is 15.1. The highest BCUT2D eigenvalue weighted by Gasteiger charge is 2.27. The molecule has 0 aromatic carbocycles. The second-order valence-electron chi connectivity index (χ2n) is 5.80. The minimum absolute atomic E-state index is 0.851. The molecule has 4 nitrogen and oxygen atoms in total.